The molecule has 2 aliphatic rings. The van der Waals surface area contributed by atoms with Crippen LogP contribution in [0, 0.1) is 6.92 Å². The van der Waals surface area contributed by atoms with Crippen molar-refractivity contribution in [3.05, 3.63) is 23.4 Å². The molecule has 6 nitrogen and oxygen atoms in total. The summed E-state index contributed by atoms with van der Waals surface area (Å²) in [6, 6.07) is 2.46. The van der Waals surface area contributed by atoms with Crippen LogP contribution in [0.5, 0.6) is 0 Å². The number of rotatable bonds is 5. The van der Waals surface area contributed by atoms with Crippen molar-refractivity contribution in [1.29, 1.82) is 0 Å². The molecule has 0 radical (unpaired) electrons. The molecule has 1 aromatic heterocycles. The van der Waals surface area contributed by atoms with Gasteiger partial charge in [0.05, 0.1) is 12.2 Å². The summed E-state index contributed by atoms with van der Waals surface area (Å²) in [5, 5.41) is 14.4. The van der Waals surface area contributed by atoms with Crippen LogP contribution < -0.4 is 10.2 Å². The molecule has 0 amide bonds. The Bertz CT molecular complexity index is 644. The maximum absolute atomic E-state index is 12.5. The second-order valence-corrected chi connectivity index (χ2v) is 8.25. The third-order valence-corrected chi connectivity index (χ3v) is 5.50. The number of piperidine rings is 1. The van der Waals surface area contributed by atoms with Gasteiger partial charge in [-0.1, -0.05) is 19.3 Å². The van der Waals surface area contributed by atoms with E-state index < -0.39 is 6.10 Å². The van der Waals surface area contributed by atoms with E-state index in [9.17, 15) is 9.90 Å². The Hall–Kier alpha value is -1.66. The zero-order valence-corrected chi connectivity index (χ0v) is 16.8. The summed E-state index contributed by atoms with van der Waals surface area (Å²) in [6.07, 6.45) is 8.25. The number of aliphatic hydroxyl groups is 1. The van der Waals surface area contributed by atoms with Gasteiger partial charge >= 0.3 is 5.97 Å². The molecule has 0 bridgehead atoms. The Balaban J connectivity index is 1.68. The quantitative estimate of drug-likeness (QED) is 0.771. The third kappa shape index (κ3) is 5.20. The molecule has 1 aliphatic heterocycles. The molecule has 0 aromatic carbocycles. The van der Waals surface area contributed by atoms with Crippen LogP contribution in [0.4, 0.5) is 5.82 Å². The number of aryl methyl sites for hydroxylation is 1. The molecule has 1 aromatic rings. The Morgan fingerprint density at radius 1 is 1.30 bits per heavy atom. The van der Waals surface area contributed by atoms with Gasteiger partial charge in [-0.15, -0.1) is 0 Å². The summed E-state index contributed by atoms with van der Waals surface area (Å²) in [6.45, 7) is 6.83. The predicted octanol–water partition coefficient (Wildman–Crippen LogP) is 2.82. The highest BCUT2D eigenvalue weighted by atomic mass is 16.5. The second-order valence-electron chi connectivity index (χ2n) is 8.25. The summed E-state index contributed by atoms with van der Waals surface area (Å²) in [5.41, 5.74) is 1.40. The number of nitrogens with zero attached hydrogens (tertiary/aromatic N) is 2. The van der Waals surface area contributed by atoms with E-state index in [4.69, 9.17) is 4.74 Å². The van der Waals surface area contributed by atoms with Gasteiger partial charge in [-0.2, -0.15) is 0 Å². The minimum absolute atomic E-state index is 0.112. The van der Waals surface area contributed by atoms with Crippen molar-refractivity contribution in [1.82, 2.24) is 10.3 Å². The average Bonchev–Trinajstić information content (AvgIpc) is 2.64. The number of anilines is 1. The van der Waals surface area contributed by atoms with Crippen molar-refractivity contribution in [3.63, 3.8) is 0 Å². The van der Waals surface area contributed by atoms with E-state index >= 15 is 0 Å². The first-order valence-corrected chi connectivity index (χ1v) is 10.3. The fourth-order valence-electron chi connectivity index (χ4n) is 4.13. The predicted molar refractivity (Wildman–Crippen MR) is 106 cm³/mol. The van der Waals surface area contributed by atoms with Crippen molar-refractivity contribution >= 4 is 11.8 Å². The minimum Gasteiger partial charge on any atom is -0.459 e. The van der Waals surface area contributed by atoms with Gasteiger partial charge in [0.2, 0.25) is 0 Å². The van der Waals surface area contributed by atoms with E-state index in [0.717, 1.165) is 18.5 Å². The van der Waals surface area contributed by atoms with E-state index in [0.29, 0.717) is 24.0 Å². The molecule has 1 saturated heterocycles. The van der Waals surface area contributed by atoms with Gasteiger partial charge in [-0.25, -0.2) is 9.78 Å². The van der Waals surface area contributed by atoms with Gasteiger partial charge in [0.25, 0.3) is 0 Å². The molecular weight excluding hydrogens is 342 g/mol. The molecule has 6 heteroatoms. The summed E-state index contributed by atoms with van der Waals surface area (Å²) in [5.74, 6) is 0.259. The molecule has 2 atom stereocenters. The highest BCUT2D eigenvalue weighted by Gasteiger charge is 2.32. The first kappa shape index (κ1) is 20.1. The lowest BCUT2D eigenvalue weighted by Gasteiger charge is -2.39. The highest BCUT2D eigenvalue weighted by Crippen LogP contribution is 2.26. The Labute approximate surface area is 162 Å². The number of hydrogen-bond acceptors (Lipinski definition) is 6. The van der Waals surface area contributed by atoms with Crippen molar-refractivity contribution in [2.45, 2.75) is 83.6 Å². The van der Waals surface area contributed by atoms with Gasteiger partial charge in [0, 0.05) is 31.4 Å². The standard InChI is InChI=1S/C21H33N3O3/c1-14(2)27-21(26)17-11-15(3)12-22-20(17)24-10-9-18(19(25)13-24)23-16-7-5-4-6-8-16/h11-12,14,16,18-19,23,25H,4-10,13H2,1-3H3/t18-,19+/m0/s1. The van der Waals surface area contributed by atoms with Gasteiger partial charge < -0.3 is 20.1 Å². The Morgan fingerprint density at radius 2 is 2.04 bits per heavy atom. The van der Waals surface area contributed by atoms with E-state index in [1.165, 1.54) is 32.1 Å². The lowest BCUT2D eigenvalue weighted by Crippen LogP contribution is -2.55. The molecule has 150 valence electrons. The van der Waals surface area contributed by atoms with Crippen molar-refractivity contribution in [2.24, 2.45) is 0 Å². The molecule has 2 N–H and O–H groups in total. The number of hydrogen-bond donors (Lipinski definition) is 2. The normalized spacial score (nSPS) is 24.3. The largest absolute Gasteiger partial charge is 0.459 e. The molecule has 2 heterocycles. The van der Waals surface area contributed by atoms with Gasteiger partial charge in [0.15, 0.2) is 0 Å². The number of nitrogens with one attached hydrogen (secondary N) is 1. The summed E-state index contributed by atoms with van der Waals surface area (Å²) in [7, 11) is 0. The van der Waals surface area contributed by atoms with Crippen LogP contribution in [-0.2, 0) is 4.74 Å². The minimum atomic E-state index is -0.474. The van der Waals surface area contributed by atoms with E-state index in [1.54, 1.807) is 6.20 Å². The molecule has 0 unspecified atom stereocenters. The van der Waals surface area contributed by atoms with Crippen LogP contribution in [0.25, 0.3) is 0 Å². The number of ether oxygens (including phenoxy) is 1. The smallest absolute Gasteiger partial charge is 0.342 e. The van der Waals surface area contributed by atoms with Crippen molar-refractivity contribution < 1.29 is 14.6 Å². The maximum atomic E-state index is 12.5. The molecule has 0 spiro atoms. The molecule has 2 fully saturated rings. The lowest BCUT2D eigenvalue weighted by molar-refractivity contribution is 0.0377. The number of carbonyl (C=O) groups is 1. The topological polar surface area (TPSA) is 74.7 Å². The first-order chi connectivity index (χ1) is 12.9. The van der Waals surface area contributed by atoms with Crippen LogP contribution in [-0.4, -0.2) is 53.4 Å². The summed E-state index contributed by atoms with van der Waals surface area (Å²) < 4.78 is 5.39. The molecule has 3 rings (SSSR count). The Kier molecular flexibility index (Phi) is 6.71. The van der Waals surface area contributed by atoms with Gasteiger partial charge in [-0.3, -0.25) is 0 Å². The number of esters is 1. The molecule has 27 heavy (non-hydrogen) atoms. The van der Waals surface area contributed by atoms with Crippen LogP contribution in [0.2, 0.25) is 0 Å². The van der Waals surface area contributed by atoms with Gasteiger partial charge in [-0.05, 0) is 51.7 Å². The van der Waals surface area contributed by atoms with Crippen molar-refractivity contribution in [3.8, 4) is 0 Å². The number of β-amino-alcohol motifs (C(OH)–C–C–N with tert-alkyl or cyclic N) is 1. The first-order valence-electron chi connectivity index (χ1n) is 10.3. The SMILES string of the molecule is Cc1cnc(N2CC[C@H](NC3CCCCC3)[C@H](O)C2)c(C(=O)OC(C)C)c1. The molecular formula is C21H33N3O3. The van der Waals surface area contributed by atoms with Crippen molar-refractivity contribution in [2.75, 3.05) is 18.0 Å². The van der Waals surface area contributed by atoms with E-state index in [2.05, 4.69) is 10.3 Å². The van der Waals surface area contributed by atoms with E-state index in [1.807, 2.05) is 31.7 Å². The number of carbonyl (C=O) groups excluding carboxylic acids is 1. The lowest BCUT2D eigenvalue weighted by atomic mass is 9.92. The Morgan fingerprint density at radius 3 is 2.70 bits per heavy atom. The number of aliphatic hydroxyl groups excluding tert-OH is 1. The summed E-state index contributed by atoms with van der Waals surface area (Å²) >= 11 is 0. The van der Waals surface area contributed by atoms with Crippen LogP contribution in [0.3, 0.4) is 0 Å². The van der Waals surface area contributed by atoms with Gasteiger partial charge in [0.1, 0.15) is 11.4 Å². The van der Waals surface area contributed by atoms with E-state index in [-0.39, 0.29) is 18.1 Å². The third-order valence-electron chi connectivity index (χ3n) is 5.50. The van der Waals surface area contributed by atoms with Crippen LogP contribution >= 0.6 is 0 Å². The van der Waals surface area contributed by atoms with Crippen LogP contribution in [0.15, 0.2) is 12.3 Å². The fraction of sp³-hybridized carbons (Fsp3) is 0.714. The number of pyridine rings is 1. The fourth-order valence-corrected chi connectivity index (χ4v) is 4.13. The van der Waals surface area contributed by atoms with Crippen LogP contribution in [0.1, 0.15) is 68.3 Å². The monoisotopic (exact) mass is 375 g/mol. The molecule has 1 saturated carbocycles. The zero-order valence-electron chi connectivity index (χ0n) is 16.8. The summed E-state index contributed by atoms with van der Waals surface area (Å²) in [4.78, 5) is 19.0. The maximum Gasteiger partial charge on any atom is 0.342 e. The highest BCUT2D eigenvalue weighted by molar-refractivity contribution is 5.95. The number of aromatic nitrogens is 1. The second kappa shape index (κ2) is 9.02. The average molecular weight is 376 g/mol. The molecule has 1 aliphatic carbocycles. The zero-order chi connectivity index (χ0) is 19.4.